The monoisotopic (exact) mass is 409 g/mol. The zero-order chi connectivity index (χ0) is 18.4. The van der Waals surface area contributed by atoms with E-state index in [0.717, 1.165) is 22.6 Å². The number of amides is 1. The van der Waals surface area contributed by atoms with Crippen LogP contribution in [0.15, 0.2) is 41.3 Å². The van der Waals surface area contributed by atoms with Crippen molar-refractivity contribution in [2.45, 2.75) is 17.1 Å². The minimum Gasteiger partial charge on any atom is -0.489 e. The molecule has 0 radical (unpaired) electrons. The number of para-hydroxylation sites is 1. The van der Waals surface area contributed by atoms with E-state index in [-0.39, 0.29) is 5.91 Å². The number of nitrogens with one attached hydrogen (secondary N) is 1. The van der Waals surface area contributed by atoms with Gasteiger partial charge in [0.1, 0.15) is 0 Å². The van der Waals surface area contributed by atoms with E-state index >= 15 is 0 Å². The van der Waals surface area contributed by atoms with Gasteiger partial charge in [-0.15, -0.1) is 23.5 Å². The van der Waals surface area contributed by atoms with Crippen LogP contribution in [0.2, 0.25) is 5.02 Å². The highest BCUT2D eigenvalue weighted by Gasteiger charge is 2.16. The van der Waals surface area contributed by atoms with Crippen LogP contribution in [0.1, 0.15) is 12.0 Å². The molecule has 2 aromatic carbocycles. The van der Waals surface area contributed by atoms with Gasteiger partial charge in [0.2, 0.25) is 5.91 Å². The van der Waals surface area contributed by atoms with Crippen molar-refractivity contribution in [1.82, 2.24) is 0 Å². The number of ether oxygens (including phenoxy) is 2. The van der Waals surface area contributed by atoms with Gasteiger partial charge in [-0.2, -0.15) is 0 Å². The van der Waals surface area contributed by atoms with Crippen LogP contribution in [-0.4, -0.2) is 31.1 Å². The molecule has 0 atom stereocenters. The van der Waals surface area contributed by atoms with E-state index in [9.17, 15) is 4.79 Å². The summed E-state index contributed by atoms with van der Waals surface area (Å²) in [7, 11) is 0. The number of fused-ring (bicyclic) bond motifs is 1. The Labute approximate surface area is 167 Å². The molecule has 0 unspecified atom stereocenters. The summed E-state index contributed by atoms with van der Waals surface area (Å²) in [6.07, 6.45) is 2.83. The first kappa shape index (κ1) is 19.3. The Morgan fingerprint density at radius 3 is 2.88 bits per heavy atom. The Kier molecular flexibility index (Phi) is 7.00. The van der Waals surface area contributed by atoms with Gasteiger partial charge >= 0.3 is 0 Å². The molecule has 1 aliphatic heterocycles. The van der Waals surface area contributed by atoms with Crippen LogP contribution in [0.3, 0.4) is 0 Å². The number of thioether (sulfide) groups is 2. The van der Waals surface area contributed by atoms with Gasteiger partial charge in [0, 0.05) is 17.1 Å². The summed E-state index contributed by atoms with van der Waals surface area (Å²) in [6.45, 7) is 1.23. The second-order valence-corrected chi connectivity index (χ2v) is 7.94. The fourth-order valence-corrected chi connectivity index (χ4v) is 4.17. The fourth-order valence-electron chi connectivity index (χ4n) is 2.56. The van der Waals surface area contributed by atoms with E-state index in [0.29, 0.717) is 41.2 Å². The minimum atomic E-state index is -0.0167. The Morgan fingerprint density at radius 1 is 1.23 bits per heavy atom. The van der Waals surface area contributed by atoms with Gasteiger partial charge in [-0.1, -0.05) is 23.7 Å². The number of benzene rings is 2. The average Bonchev–Trinajstić information content (AvgIpc) is 2.88. The van der Waals surface area contributed by atoms with Crippen LogP contribution in [0.5, 0.6) is 11.5 Å². The molecule has 0 saturated carbocycles. The van der Waals surface area contributed by atoms with E-state index in [1.54, 1.807) is 11.8 Å². The molecule has 7 heteroatoms. The third-order valence-electron chi connectivity index (χ3n) is 3.74. The van der Waals surface area contributed by atoms with E-state index in [1.165, 1.54) is 11.8 Å². The molecule has 2 aromatic rings. The number of carbonyl (C=O) groups is 1. The van der Waals surface area contributed by atoms with Crippen molar-refractivity contribution < 1.29 is 14.3 Å². The Morgan fingerprint density at radius 2 is 2.04 bits per heavy atom. The number of carbonyl (C=O) groups excluding carboxylic acids is 1. The van der Waals surface area contributed by atoms with Crippen LogP contribution in [0.4, 0.5) is 5.69 Å². The van der Waals surface area contributed by atoms with Gasteiger partial charge in [-0.3, -0.25) is 4.79 Å². The maximum Gasteiger partial charge on any atom is 0.234 e. The van der Waals surface area contributed by atoms with Gasteiger partial charge in [0.15, 0.2) is 11.5 Å². The Balaban J connectivity index is 1.55. The molecule has 1 heterocycles. The molecule has 0 bridgehead atoms. The summed E-state index contributed by atoms with van der Waals surface area (Å²) in [5.41, 5.74) is 1.87. The Bertz CT molecular complexity index is 785. The lowest BCUT2D eigenvalue weighted by molar-refractivity contribution is -0.113. The highest BCUT2D eigenvalue weighted by Crippen LogP contribution is 2.38. The second-order valence-electron chi connectivity index (χ2n) is 5.70. The normalized spacial score (nSPS) is 13.2. The quantitative estimate of drug-likeness (QED) is 0.673. The molecular formula is C19H20ClNO3S2. The van der Waals surface area contributed by atoms with Crippen molar-refractivity contribution in [3.63, 3.8) is 0 Å². The van der Waals surface area contributed by atoms with Crippen molar-refractivity contribution in [2.75, 3.05) is 30.5 Å². The standard InChI is InChI=1S/C19H20ClNO3S2/c1-25-17-6-3-2-5-15(17)21-18(22)12-26-11-13-9-14(20)19-16(10-13)23-7-4-8-24-19/h2-3,5-6,9-10H,4,7-8,11-12H2,1H3,(H,21,22). The first-order chi connectivity index (χ1) is 12.7. The third kappa shape index (κ3) is 5.02. The number of anilines is 1. The van der Waals surface area contributed by atoms with Gasteiger partial charge in [0.05, 0.1) is 29.7 Å². The highest BCUT2D eigenvalue weighted by atomic mass is 35.5. The molecule has 0 aromatic heterocycles. The number of rotatable bonds is 6. The van der Waals surface area contributed by atoms with Crippen molar-refractivity contribution in [3.05, 3.63) is 47.0 Å². The van der Waals surface area contributed by atoms with Crippen LogP contribution in [-0.2, 0) is 10.5 Å². The molecular weight excluding hydrogens is 390 g/mol. The molecule has 26 heavy (non-hydrogen) atoms. The van der Waals surface area contributed by atoms with E-state index in [2.05, 4.69) is 5.32 Å². The summed E-state index contributed by atoms with van der Waals surface area (Å²) in [4.78, 5) is 13.3. The van der Waals surface area contributed by atoms with Crippen molar-refractivity contribution in [1.29, 1.82) is 0 Å². The molecule has 0 aliphatic carbocycles. The van der Waals surface area contributed by atoms with Crippen molar-refractivity contribution in [3.8, 4) is 11.5 Å². The van der Waals surface area contributed by atoms with Crippen LogP contribution < -0.4 is 14.8 Å². The second kappa shape index (κ2) is 9.44. The lowest BCUT2D eigenvalue weighted by Crippen LogP contribution is -2.14. The maximum atomic E-state index is 12.2. The van der Waals surface area contributed by atoms with E-state index in [1.807, 2.05) is 42.7 Å². The van der Waals surface area contributed by atoms with Crippen LogP contribution in [0, 0.1) is 0 Å². The SMILES string of the molecule is CSc1ccccc1NC(=O)CSCc1cc(Cl)c2c(c1)OCCCO2. The van der Waals surface area contributed by atoms with Crippen molar-refractivity contribution in [2.24, 2.45) is 0 Å². The molecule has 4 nitrogen and oxygen atoms in total. The van der Waals surface area contributed by atoms with E-state index < -0.39 is 0 Å². The zero-order valence-corrected chi connectivity index (χ0v) is 16.8. The fraction of sp³-hybridized carbons (Fsp3) is 0.316. The van der Waals surface area contributed by atoms with Crippen LogP contribution in [0.25, 0.3) is 0 Å². The lowest BCUT2D eigenvalue weighted by Gasteiger charge is -2.12. The lowest BCUT2D eigenvalue weighted by atomic mass is 10.2. The predicted octanol–water partition coefficient (Wildman–Crippen LogP) is 5.10. The smallest absolute Gasteiger partial charge is 0.234 e. The summed E-state index contributed by atoms with van der Waals surface area (Å²) >= 11 is 9.46. The molecule has 0 saturated heterocycles. The third-order valence-corrected chi connectivity index (χ3v) is 5.83. The molecule has 1 N–H and O–H groups in total. The molecule has 138 valence electrons. The summed E-state index contributed by atoms with van der Waals surface area (Å²) in [5.74, 6) is 2.33. The minimum absolute atomic E-state index is 0.0167. The zero-order valence-electron chi connectivity index (χ0n) is 14.4. The first-order valence-electron chi connectivity index (χ1n) is 8.26. The largest absolute Gasteiger partial charge is 0.489 e. The number of hydrogen-bond acceptors (Lipinski definition) is 5. The summed E-state index contributed by atoms with van der Waals surface area (Å²) in [6, 6.07) is 11.6. The number of hydrogen-bond donors (Lipinski definition) is 1. The first-order valence-corrected chi connectivity index (χ1v) is 11.0. The maximum absolute atomic E-state index is 12.2. The Hall–Kier alpha value is -1.50. The van der Waals surface area contributed by atoms with Crippen LogP contribution >= 0.6 is 35.1 Å². The molecule has 1 amide bonds. The molecule has 1 aliphatic rings. The van der Waals surface area contributed by atoms with Crippen molar-refractivity contribution >= 4 is 46.7 Å². The van der Waals surface area contributed by atoms with E-state index in [4.69, 9.17) is 21.1 Å². The summed E-state index contributed by atoms with van der Waals surface area (Å²) in [5, 5.41) is 3.52. The van der Waals surface area contributed by atoms with Gasteiger partial charge in [-0.25, -0.2) is 0 Å². The molecule has 0 fully saturated rings. The van der Waals surface area contributed by atoms with Gasteiger partial charge < -0.3 is 14.8 Å². The summed E-state index contributed by atoms with van der Waals surface area (Å²) < 4.78 is 11.3. The van der Waals surface area contributed by atoms with Gasteiger partial charge in [-0.05, 0) is 36.1 Å². The average molecular weight is 410 g/mol. The topological polar surface area (TPSA) is 47.6 Å². The molecule has 3 rings (SSSR count). The highest BCUT2D eigenvalue weighted by molar-refractivity contribution is 7.99. The number of halogens is 1. The predicted molar refractivity (Wildman–Crippen MR) is 110 cm³/mol. The van der Waals surface area contributed by atoms with Gasteiger partial charge in [0.25, 0.3) is 0 Å². The molecule has 0 spiro atoms.